The van der Waals surface area contributed by atoms with Crippen LogP contribution in [-0.4, -0.2) is 95.4 Å². The lowest BCUT2D eigenvalue weighted by molar-refractivity contribution is -0.298. The van der Waals surface area contributed by atoms with Crippen molar-refractivity contribution in [3.8, 4) is 0 Å². The zero-order valence-electron chi connectivity index (χ0n) is 33.5. The molecular weight excluding hydrogens is 715 g/mol. The van der Waals surface area contributed by atoms with Crippen LogP contribution in [0.15, 0.2) is 24.3 Å². The summed E-state index contributed by atoms with van der Waals surface area (Å²) in [6.07, 6.45) is 26.5. The van der Waals surface area contributed by atoms with E-state index in [2.05, 4.69) is 35.5 Å². The number of amides is 1. The van der Waals surface area contributed by atoms with Crippen molar-refractivity contribution < 1.29 is 51.8 Å². The van der Waals surface area contributed by atoms with Crippen LogP contribution in [0.25, 0.3) is 0 Å². The van der Waals surface area contributed by atoms with E-state index in [1.807, 2.05) is 6.08 Å². The Morgan fingerprint density at radius 1 is 0.722 bits per heavy atom. The van der Waals surface area contributed by atoms with Gasteiger partial charge in [-0.2, -0.15) is 8.42 Å². The third-order valence-electron chi connectivity index (χ3n) is 9.98. The summed E-state index contributed by atoms with van der Waals surface area (Å²) >= 11 is 0. The molecule has 0 radical (unpaired) electrons. The smallest absolute Gasteiger partial charge is 0.394 e. The summed E-state index contributed by atoms with van der Waals surface area (Å²) in [6.45, 7) is 3.33. The van der Waals surface area contributed by atoms with Gasteiger partial charge >= 0.3 is 10.4 Å². The molecular formula is C41H77NO11S. The molecule has 0 saturated carbocycles. The molecule has 7 unspecified atom stereocenters. The maximum atomic E-state index is 12.9. The van der Waals surface area contributed by atoms with Gasteiger partial charge in [0.25, 0.3) is 0 Å². The predicted molar refractivity (Wildman–Crippen MR) is 213 cm³/mol. The van der Waals surface area contributed by atoms with Crippen LogP contribution in [0.4, 0.5) is 0 Å². The van der Waals surface area contributed by atoms with E-state index in [0.29, 0.717) is 6.42 Å². The molecule has 0 aromatic rings. The van der Waals surface area contributed by atoms with Gasteiger partial charge in [-0.3, -0.25) is 9.35 Å². The van der Waals surface area contributed by atoms with Crippen LogP contribution in [0.5, 0.6) is 0 Å². The molecule has 1 heterocycles. The second-order valence-corrected chi connectivity index (χ2v) is 16.0. The number of rotatable bonds is 35. The zero-order valence-corrected chi connectivity index (χ0v) is 34.4. The van der Waals surface area contributed by atoms with Gasteiger partial charge in [0.2, 0.25) is 5.91 Å². The Balaban J connectivity index is 2.60. The minimum Gasteiger partial charge on any atom is -0.394 e. The molecule has 13 heteroatoms. The van der Waals surface area contributed by atoms with Gasteiger partial charge in [0.1, 0.15) is 24.4 Å². The zero-order chi connectivity index (χ0) is 39.9. The lowest BCUT2D eigenvalue weighted by atomic mass is 9.99. The van der Waals surface area contributed by atoms with E-state index in [1.165, 1.54) is 89.9 Å². The summed E-state index contributed by atoms with van der Waals surface area (Å²) in [7, 11) is -5.08. The lowest BCUT2D eigenvalue weighted by Crippen LogP contribution is -2.61. The van der Waals surface area contributed by atoms with E-state index < -0.39 is 59.9 Å². The highest BCUT2D eigenvalue weighted by Gasteiger charge is 2.48. The number of unbranched alkanes of at least 4 members (excludes halogenated alkanes) is 21. The summed E-state index contributed by atoms with van der Waals surface area (Å²) in [4.78, 5) is 12.9. The molecule has 0 aromatic carbocycles. The molecule has 0 aliphatic carbocycles. The van der Waals surface area contributed by atoms with Gasteiger partial charge in [0.15, 0.2) is 6.29 Å². The molecule has 1 aliphatic heterocycles. The lowest BCUT2D eigenvalue weighted by Gasteiger charge is -2.41. The van der Waals surface area contributed by atoms with E-state index in [-0.39, 0.29) is 18.9 Å². The van der Waals surface area contributed by atoms with Crippen molar-refractivity contribution in [1.29, 1.82) is 0 Å². The van der Waals surface area contributed by atoms with Crippen LogP contribution < -0.4 is 5.32 Å². The van der Waals surface area contributed by atoms with E-state index >= 15 is 0 Å². The Hall–Kier alpha value is -1.42. The van der Waals surface area contributed by atoms with E-state index in [1.54, 1.807) is 6.08 Å². The second kappa shape index (κ2) is 32.6. The van der Waals surface area contributed by atoms with Crippen molar-refractivity contribution in [3.63, 3.8) is 0 Å². The van der Waals surface area contributed by atoms with Crippen LogP contribution >= 0.6 is 0 Å². The number of aliphatic hydroxyl groups is 4. The average Bonchev–Trinajstić information content (AvgIpc) is 3.14. The SMILES string of the molecule is CCCCC/C=C\CCCCCCCC(=O)NC(COC1OC(CO)C(O)C(OS(=O)(=O)O)C1O)C(O)/C=C/CCCCCCCCCCCCCCC. The van der Waals surface area contributed by atoms with E-state index in [9.17, 15) is 33.6 Å². The number of hydrogen-bond donors (Lipinski definition) is 6. The standard InChI is InChI=1S/C41H77NO11S/c1-3-5-7-9-11-13-15-17-18-19-20-22-24-26-28-30-35(44)34(42-37(45)31-29-27-25-23-21-16-14-12-10-8-6-4-2)33-51-41-39(47)40(53-54(48,49)50)38(46)36(32-43)52-41/h12,14,28,30,34-36,38-41,43-44,46-47H,3-11,13,15-27,29,31-33H2,1-2H3,(H,42,45)(H,48,49,50)/b14-12-,30-28+. The number of ether oxygens (including phenoxy) is 2. The van der Waals surface area contributed by atoms with Crippen molar-refractivity contribution in [3.05, 3.63) is 24.3 Å². The van der Waals surface area contributed by atoms with Gasteiger partial charge in [0.05, 0.1) is 25.4 Å². The molecule has 318 valence electrons. The van der Waals surface area contributed by atoms with Gasteiger partial charge in [-0.05, 0) is 44.9 Å². The van der Waals surface area contributed by atoms with Gasteiger partial charge in [0, 0.05) is 6.42 Å². The van der Waals surface area contributed by atoms with Crippen LogP contribution in [0, 0.1) is 0 Å². The molecule has 1 saturated heterocycles. The van der Waals surface area contributed by atoms with Crippen molar-refractivity contribution in [2.75, 3.05) is 13.2 Å². The van der Waals surface area contributed by atoms with Crippen LogP contribution in [0.2, 0.25) is 0 Å². The minimum atomic E-state index is -5.08. The van der Waals surface area contributed by atoms with Gasteiger partial charge in [-0.15, -0.1) is 0 Å². The number of hydrogen-bond acceptors (Lipinski definition) is 10. The molecule has 0 bridgehead atoms. The van der Waals surface area contributed by atoms with Gasteiger partial charge in [-0.25, -0.2) is 4.18 Å². The second-order valence-electron chi connectivity index (χ2n) is 14.9. The number of aliphatic hydroxyl groups excluding tert-OH is 4. The fourth-order valence-electron chi connectivity index (χ4n) is 6.62. The molecule has 6 N–H and O–H groups in total. The van der Waals surface area contributed by atoms with Crippen molar-refractivity contribution in [1.82, 2.24) is 5.32 Å². The number of nitrogens with one attached hydrogen (secondary N) is 1. The Labute approximate surface area is 327 Å². The molecule has 1 aliphatic rings. The van der Waals surface area contributed by atoms with Crippen molar-refractivity contribution >= 4 is 16.3 Å². The fourth-order valence-corrected chi connectivity index (χ4v) is 7.13. The Bertz CT molecular complexity index is 1070. The first-order valence-corrected chi connectivity index (χ1v) is 22.6. The monoisotopic (exact) mass is 792 g/mol. The highest BCUT2D eigenvalue weighted by Crippen LogP contribution is 2.26. The molecule has 1 amide bonds. The summed E-state index contributed by atoms with van der Waals surface area (Å²) in [6, 6.07) is -0.944. The molecule has 7 atom stereocenters. The number of carbonyl (C=O) groups excluding carboxylic acids is 1. The first-order chi connectivity index (χ1) is 26.0. The Morgan fingerprint density at radius 3 is 1.70 bits per heavy atom. The summed E-state index contributed by atoms with van der Waals surface area (Å²) in [5.41, 5.74) is 0. The first-order valence-electron chi connectivity index (χ1n) is 21.2. The molecule has 1 rings (SSSR count). The maximum Gasteiger partial charge on any atom is 0.397 e. The largest absolute Gasteiger partial charge is 0.397 e. The summed E-state index contributed by atoms with van der Waals surface area (Å²) in [5.74, 6) is -0.274. The highest BCUT2D eigenvalue weighted by atomic mass is 32.3. The first kappa shape index (κ1) is 50.6. The van der Waals surface area contributed by atoms with Crippen LogP contribution in [-0.2, 0) is 28.9 Å². The Kier molecular flexibility index (Phi) is 30.6. The van der Waals surface area contributed by atoms with E-state index in [4.69, 9.17) is 14.0 Å². The average molecular weight is 792 g/mol. The molecule has 54 heavy (non-hydrogen) atoms. The molecule has 0 aromatic heterocycles. The van der Waals surface area contributed by atoms with Gasteiger partial charge in [-0.1, -0.05) is 147 Å². The fraction of sp³-hybridized carbons (Fsp3) is 0.878. The quantitative estimate of drug-likeness (QED) is 0.0213. The summed E-state index contributed by atoms with van der Waals surface area (Å²) in [5, 5.41) is 44.5. The normalized spacial score (nSPS) is 21.9. The number of allylic oxidation sites excluding steroid dienone is 3. The number of carbonyl (C=O) groups is 1. The Morgan fingerprint density at radius 2 is 1.19 bits per heavy atom. The van der Waals surface area contributed by atoms with E-state index in [0.717, 1.165) is 57.8 Å². The predicted octanol–water partition coefficient (Wildman–Crippen LogP) is 7.38. The molecule has 1 fully saturated rings. The third-order valence-corrected chi connectivity index (χ3v) is 10.4. The van der Waals surface area contributed by atoms with Crippen molar-refractivity contribution in [2.24, 2.45) is 0 Å². The third kappa shape index (κ3) is 25.7. The molecule has 0 spiro atoms. The minimum absolute atomic E-state index is 0.259. The van der Waals surface area contributed by atoms with Gasteiger partial charge < -0.3 is 35.2 Å². The topological polar surface area (TPSA) is 192 Å². The molecule has 12 nitrogen and oxygen atoms in total. The van der Waals surface area contributed by atoms with Crippen LogP contribution in [0.1, 0.15) is 174 Å². The highest BCUT2D eigenvalue weighted by molar-refractivity contribution is 7.80. The van der Waals surface area contributed by atoms with Crippen molar-refractivity contribution in [2.45, 2.75) is 217 Å². The van der Waals surface area contributed by atoms with Crippen LogP contribution in [0.3, 0.4) is 0 Å². The summed E-state index contributed by atoms with van der Waals surface area (Å²) < 4.78 is 47.4. The maximum absolute atomic E-state index is 12.9.